The van der Waals surface area contributed by atoms with Crippen LogP contribution in [0.4, 0.5) is 14.5 Å². The van der Waals surface area contributed by atoms with Gasteiger partial charge in [0.1, 0.15) is 17.3 Å². The Balaban J connectivity index is 2.06. The molecule has 1 aromatic carbocycles. The zero-order valence-electron chi connectivity index (χ0n) is 9.39. The van der Waals surface area contributed by atoms with Gasteiger partial charge in [-0.15, -0.1) is 0 Å². The van der Waals surface area contributed by atoms with E-state index in [1.807, 2.05) is 5.32 Å². The molecule has 0 aliphatic carbocycles. The molecule has 6 nitrogen and oxygen atoms in total. The van der Waals surface area contributed by atoms with E-state index in [1.54, 1.807) is 0 Å². The summed E-state index contributed by atoms with van der Waals surface area (Å²) in [5.41, 5.74) is -0.936. The van der Waals surface area contributed by atoms with E-state index in [2.05, 4.69) is 9.99 Å². The molecule has 0 fully saturated rings. The Bertz CT molecular complexity index is 554. The number of anilines is 1. The first-order valence-corrected chi connectivity index (χ1v) is 5.20. The number of oxime groups is 1. The molecule has 1 amide bonds. The maximum atomic E-state index is 13.3. The molecule has 100 valence electrons. The highest BCUT2D eigenvalue weighted by molar-refractivity contribution is 6.36. The molecule has 1 heterocycles. The van der Waals surface area contributed by atoms with E-state index in [0.717, 1.165) is 18.2 Å². The zero-order chi connectivity index (χ0) is 14.0. The number of hydrogen-bond donors (Lipinski definition) is 2. The van der Waals surface area contributed by atoms with Gasteiger partial charge in [0.2, 0.25) is 6.10 Å². The minimum Gasteiger partial charge on any atom is -0.477 e. The average molecular weight is 270 g/mol. The third-order valence-electron chi connectivity index (χ3n) is 2.42. The van der Waals surface area contributed by atoms with Gasteiger partial charge in [-0.1, -0.05) is 11.2 Å². The molecule has 19 heavy (non-hydrogen) atoms. The SMILES string of the molecule is O=C(O)C1=NOC(C(=O)Nc2c(F)cccc2F)C1. The summed E-state index contributed by atoms with van der Waals surface area (Å²) >= 11 is 0. The van der Waals surface area contributed by atoms with Crippen LogP contribution in [0.25, 0.3) is 0 Å². The van der Waals surface area contributed by atoms with Crippen LogP contribution in [0, 0.1) is 11.6 Å². The minimum atomic E-state index is -1.31. The summed E-state index contributed by atoms with van der Waals surface area (Å²) in [4.78, 5) is 26.8. The van der Waals surface area contributed by atoms with Gasteiger partial charge in [-0.25, -0.2) is 13.6 Å². The van der Waals surface area contributed by atoms with Crippen molar-refractivity contribution in [1.29, 1.82) is 0 Å². The molecule has 8 heteroatoms. The van der Waals surface area contributed by atoms with Gasteiger partial charge in [0.15, 0.2) is 5.71 Å². The van der Waals surface area contributed by atoms with Crippen molar-refractivity contribution in [1.82, 2.24) is 0 Å². The van der Waals surface area contributed by atoms with E-state index < -0.39 is 35.3 Å². The van der Waals surface area contributed by atoms with Gasteiger partial charge >= 0.3 is 5.97 Å². The van der Waals surface area contributed by atoms with Gasteiger partial charge in [-0.3, -0.25) is 4.79 Å². The highest BCUT2D eigenvalue weighted by Gasteiger charge is 2.32. The van der Waals surface area contributed by atoms with Gasteiger partial charge < -0.3 is 15.3 Å². The number of carbonyl (C=O) groups is 2. The third-order valence-corrected chi connectivity index (χ3v) is 2.42. The number of nitrogens with one attached hydrogen (secondary N) is 1. The topological polar surface area (TPSA) is 88.0 Å². The van der Waals surface area contributed by atoms with Crippen molar-refractivity contribution >= 4 is 23.3 Å². The summed E-state index contributed by atoms with van der Waals surface area (Å²) in [5.74, 6) is -4.06. The van der Waals surface area contributed by atoms with Crippen LogP contribution in [0.5, 0.6) is 0 Å². The molecule has 0 saturated heterocycles. The van der Waals surface area contributed by atoms with Gasteiger partial charge in [0.05, 0.1) is 0 Å². The van der Waals surface area contributed by atoms with Crippen molar-refractivity contribution < 1.29 is 28.3 Å². The normalized spacial score (nSPS) is 17.6. The van der Waals surface area contributed by atoms with Crippen LogP contribution in [-0.2, 0) is 14.4 Å². The number of para-hydroxylation sites is 1. The quantitative estimate of drug-likeness (QED) is 0.861. The van der Waals surface area contributed by atoms with E-state index in [1.165, 1.54) is 0 Å². The van der Waals surface area contributed by atoms with Crippen molar-refractivity contribution in [2.24, 2.45) is 5.16 Å². The lowest BCUT2D eigenvalue weighted by atomic mass is 10.1. The van der Waals surface area contributed by atoms with E-state index in [-0.39, 0.29) is 12.1 Å². The summed E-state index contributed by atoms with van der Waals surface area (Å²) in [6, 6.07) is 3.11. The van der Waals surface area contributed by atoms with Gasteiger partial charge in [-0.05, 0) is 12.1 Å². The zero-order valence-corrected chi connectivity index (χ0v) is 9.39. The number of nitrogens with zero attached hydrogens (tertiary/aromatic N) is 1. The Kier molecular flexibility index (Phi) is 3.41. The van der Waals surface area contributed by atoms with Gasteiger partial charge in [0.25, 0.3) is 5.91 Å². The fourth-order valence-corrected chi connectivity index (χ4v) is 1.47. The van der Waals surface area contributed by atoms with Crippen molar-refractivity contribution in [2.75, 3.05) is 5.32 Å². The molecule has 1 unspecified atom stereocenters. The number of amides is 1. The fraction of sp³-hybridized carbons (Fsp3) is 0.182. The second-order valence-electron chi connectivity index (χ2n) is 3.73. The Morgan fingerprint density at radius 3 is 2.53 bits per heavy atom. The van der Waals surface area contributed by atoms with Crippen LogP contribution in [0.3, 0.4) is 0 Å². The van der Waals surface area contributed by atoms with Crippen LogP contribution in [0.1, 0.15) is 6.42 Å². The summed E-state index contributed by atoms with van der Waals surface area (Å²) < 4.78 is 26.6. The second-order valence-corrected chi connectivity index (χ2v) is 3.73. The van der Waals surface area contributed by atoms with Crippen LogP contribution < -0.4 is 5.32 Å². The van der Waals surface area contributed by atoms with Crippen LogP contribution >= 0.6 is 0 Å². The summed E-state index contributed by atoms with van der Waals surface area (Å²) in [7, 11) is 0. The Hall–Kier alpha value is -2.51. The van der Waals surface area contributed by atoms with E-state index in [0.29, 0.717) is 0 Å². The molecule has 0 saturated carbocycles. The lowest BCUT2D eigenvalue weighted by Crippen LogP contribution is -2.29. The van der Waals surface area contributed by atoms with Crippen molar-refractivity contribution in [2.45, 2.75) is 12.5 Å². The van der Waals surface area contributed by atoms with Gasteiger partial charge in [0, 0.05) is 6.42 Å². The minimum absolute atomic E-state index is 0.267. The molecular weight excluding hydrogens is 262 g/mol. The van der Waals surface area contributed by atoms with E-state index in [4.69, 9.17) is 5.11 Å². The average Bonchev–Trinajstić information content (AvgIpc) is 2.83. The maximum Gasteiger partial charge on any atom is 0.353 e. The molecular formula is C11H8F2N2O4. The number of carboxylic acids is 1. The van der Waals surface area contributed by atoms with Crippen LogP contribution in [0.15, 0.2) is 23.4 Å². The van der Waals surface area contributed by atoms with Crippen molar-refractivity contribution in [3.05, 3.63) is 29.8 Å². The van der Waals surface area contributed by atoms with Gasteiger partial charge in [-0.2, -0.15) is 0 Å². The first-order valence-electron chi connectivity index (χ1n) is 5.20. The predicted molar refractivity (Wildman–Crippen MR) is 59.5 cm³/mol. The largest absolute Gasteiger partial charge is 0.477 e. The Morgan fingerprint density at radius 2 is 2.00 bits per heavy atom. The number of halogens is 2. The molecule has 2 N–H and O–H groups in total. The van der Waals surface area contributed by atoms with Crippen LogP contribution in [-0.4, -0.2) is 28.8 Å². The first-order chi connectivity index (χ1) is 8.99. The van der Waals surface area contributed by atoms with Crippen molar-refractivity contribution in [3.8, 4) is 0 Å². The summed E-state index contributed by atoms with van der Waals surface area (Å²) in [5, 5.41) is 13.8. The number of carboxylic acid groups (broad SMARTS) is 1. The summed E-state index contributed by atoms with van der Waals surface area (Å²) in [6.45, 7) is 0. The first kappa shape index (κ1) is 12.9. The molecule has 2 rings (SSSR count). The molecule has 1 aliphatic rings. The maximum absolute atomic E-state index is 13.3. The van der Waals surface area contributed by atoms with E-state index >= 15 is 0 Å². The fourth-order valence-electron chi connectivity index (χ4n) is 1.47. The van der Waals surface area contributed by atoms with Crippen LogP contribution in [0.2, 0.25) is 0 Å². The predicted octanol–water partition coefficient (Wildman–Crippen LogP) is 1.13. The molecule has 0 bridgehead atoms. The molecule has 1 atom stereocenters. The molecule has 1 aliphatic heterocycles. The van der Waals surface area contributed by atoms with E-state index in [9.17, 15) is 18.4 Å². The molecule has 0 spiro atoms. The third kappa shape index (κ3) is 2.67. The molecule has 1 aromatic rings. The standard InChI is InChI=1S/C11H8F2N2O4/c12-5-2-1-3-6(13)9(5)14-10(16)8-4-7(11(17)18)15-19-8/h1-3,8H,4H2,(H,14,16)(H,17,18). The highest BCUT2D eigenvalue weighted by Crippen LogP contribution is 2.20. The highest BCUT2D eigenvalue weighted by atomic mass is 19.1. The Labute approximate surface area is 105 Å². The lowest BCUT2D eigenvalue weighted by molar-refractivity contribution is -0.129. The number of rotatable bonds is 3. The van der Waals surface area contributed by atoms with Crippen molar-refractivity contribution in [3.63, 3.8) is 0 Å². The molecule has 0 aromatic heterocycles. The monoisotopic (exact) mass is 270 g/mol. The number of carbonyl (C=O) groups excluding carboxylic acids is 1. The molecule has 0 radical (unpaired) electrons. The smallest absolute Gasteiger partial charge is 0.353 e. The Morgan fingerprint density at radius 1 is 1.37 bits per heavy atom. The number of benzene rings is 1. The second kappa shape index (κ2) is 5.01. The summed E-state index contributed by atoms with van der Waals surface area (Å²) in [6.07, 6.45) is -1.48. The number of aliphatic carboxylic acids is 1. The number of hydrogen-bond acceptors (Lipinski definition) is 4. The lowest BCUT2D eigenvalue weighted by Gasteiger charge is -2.10.